The summed E-state index contributed by atoms with van der Waals surface area (Å²) >= 11 is 3.58. The van der Waals surface area contributed by atoms with E-state index in [9.17, 15) is 4.79 Å². The van der Waals surface area contributed by atoms with Gasteiger partial charge in [0.1, 0.15) is 5.75 Å². The summed E-state index contributed by atoms with van der Waals surface area (Å²) in [7, 11) is 0. The quantitative estimate of drug-likeness (QED) is 0.275. The number of ketones is 1. The van der Waals surface area contributed by atoms with Crippen LogP contribution < -0.4 is 10.1 Å². The van der Waals surface area contributed by atoms with Crippen molar-refractivity contribution in [3.05, 3.63) is 70.0 Å². The zero-order valence-corrected chi connectivity index (χ0v) is 21.3. The third kappa shape index (κ3) is 6.34. The monoisotopic (exact) mass is 506 g/mol. The number of pyridine rings is 1. The minimum atomic E-state index is 0. The van der Waals surface area contributed by atoms with E-state index in [1.54, 1.807) is 0 Å². The molecule has 0 unspecified atom stereocenters. The molecule has 0 aliphatic carbocycles. The zero-order valence-electron chi connectivity index (χ0n) is 18.9. The van der Waals surface area contributed by atoms with E-state index in [0.717, 1.165) is 40.0 Å². The molecule has 0 saturated heterocycles. The highest BCUT2D eigenvalue weighted by Gasteiger charge is 2.21. The highest BCUT2D eigenvalue weighted by atomic mass is 79.9. The van der Waals surface area contributed by atoms with E-state index in [2.05, 4.69) is 61.9 Å². The van der Waals surface area contributed by atoms with E-state index >= 15 is 0 Å². The summed E-state index contributed by atoms with van der Waals surface area (Å²) in [6.07, 6.45) is 2.87. The summed E-state index contributed by atoms with van der Waals surface area (Å²) < 4.78 is 8.69. The first-order valence-electron chi connectivity index (χ1n) is 10.5. The summed E-state index contributed by atoms with van der Waals surface area (Å²) in [6.45, 7) is 12.2. The fourth-order valence-electron chi connectivity index (χ4n) is 3.44. The lowest BCUT2D eigenvalue weighted by molar-refractivity contribution is 0.103. The number of ether oxygens (including phenoxy) is 1. The van der Waals surface area contributed by atoms with Gasteiger partial charge in [0.05, 0.1) is 16.8 Å². The molecule has 1 N–H and O–H groups in total. The predicted molar refractivity (Wildman–Crippen MR) is 134 cm³/mol. The molecular weight excluding hydrogens is 476 g/mol. The highest BCUT2D eigenvalue weighted by molar-refractivity contribution is 9.10. The van der Waals surface area contributed by atoms with Crippen LogP contribution in [0.4, 0.5) is 0 Å². The summed E-state index contributed by atoms with van der Waals surface area (Å²) in [5.41, 5.74) is 3.59. The van der Waals surface area contributed by atoms with E-state index in [1.807, 2.05) is 47.0 Å². The van der Waals surface area contributed by atoms with Crippen LogP contribution in [0, 0.1) is 0 Å². The highest BCUT2D eigenvalue weighted by Crippen LogP contribution is 2.30. The number of hydrogen-bond acceptors (Lipinski definition) is 3. The molecule has 168 valence electrons. The van der Waals surface area contributed by atoms with Crippen LogP contribution in [0.25, 0.3) is 5.52 Å². The van der Waals surface area contributed by atoms with E-state index in [4.69, 9.17) is 4.74 Å². The van der Waals surface area contributed by atoms with Gasteiger partial charge in [-0.3, -0.25) is 4.79 Å². The molecular formula is C25H32BrClN2O2. The van der Waals surface area contributed by atoms with Gasteiger partial charge in [0, 0.05) is 22.8 Å². The molecule has 0 radical (unpaired) electrons. The molecule has 3 aromatic rings. The average molecular weight is 508 g/mol. The molecule has 0 atom stereocenters. The number of rotatable bonds is 8. The normalized spacial score (nSPS) is 11.6. The van der Waals surface area contributed by atoms with Gasteiger partial charge in [0.15, 0.2) is 0 Å². The Balaban J connectivity index is 0.00000341. The first kappa shape index (κ1) is 25.4. The van der Waals surface area contributed by atoms with Crippen molar-refractivity contribution in [1.29, 1.82) is 0 Å². The molecule has 1 aromatic carbocycles. The molecule has 0 aliphatic rings. The Labute approximate surface area is 199 Å². The van der Waals surface area contributed by atoms with Crippen molar-refractivity contribution < 1.29 is 9.53 Å². The van der Waals surface area contributed by atoms with E-state index in [0.29, 0.717) is 12.2 Å². The molecule has 0 spiro atoms. The summed E-state index contributed by atoms with van der Waals surface area (Å²) in [5, 5.41) is 3.45. The molecule has 4 nitrogen and oxygen atoms in total. The van der Waals surface area contributed by atoms with Crippen LogP contribution in [-0.4, -0.2) is 28.9 Å². The molecule has 31 heavy (non-hydrogen) atoms. The maximum Gasteiger partial charge on any atom is 0.210 e. The van der Waals surface area contributed by atoms with Gasteiger partial charge < -0.3 is 14.5 Å². The van der Waals surface area contributed by atoms with Gasteiger partial charge in [-0.15, -0.1) is 12.4 Å². The Morgan fingerprint density at radius 3 is 2.55 bits per heavy atom. The fraction of sp³-hybridized carbons (Fsp3) is 0.400. The van der Waals surface area contributed by atoms with Crippen molar-refractivity contribution in [2.75, 3.05) is 13.2 Å². The van der Waals surface area contributed by atoms with Crippen LogP contribution in [-0.2, 0) is 0 Å². The second kappa shape index (κ2) is 10.7. The Kier molecular flexibility index (Phi) is 8.75. The molecule has 0 fully saturated rings. The molecule has 0 amide bonds. The lowest BCUT2D eigenvalue weighted by atomic mass is 9.98. The summed E-state index contributed by atoms with van der Waals surface area (Å²) in [5.74, 6) is 1.04. The number of nitrogens with one attached hydrogen (secondary N) is 1. The van der Waals surface area contributed by atoms with Crippen LogP contribution in [0.1, 0.15) is 68.6 Å². The first-order chi connectivity index (χ1) is 14.2. The fourth-order valence-corrected chi connectivity index (χ4v) is 3.93. The topological polar surface area (TPSA) is 42.7 Å². The minimum absolute atomic E-state index is 0. The summed E-state index contributed by atoms with van der Waals surface area (Å²) in [6, 6.07) is 13.7. The van der Waals surface area contributed by atoms with Gasteiger partial charge >= 0.3 is 0 Å². The number of hydrogen-bond donors (Lipinski definition) is 1. The lowest BCUT2D eigenvalue weighted by Crippen LogP contribution is -2.36. The minimum Gasteiger partial charge on any atom is -0.492 e. The lowest BCUT2D eigenvalue weighted by Gasteiger charge is -2.20. The van der Waals surface area contributed by atoms with Crippen LogP contribution in [0.5, 0.6) is 5.75 Å². The summed E-state index contributed by atoms with van der Waals surface area (Å²) in [4.78, 5) is 13.4. The number of aromatic nitrogens is 1. The van der Waals surface area contributed by atoms with Gasteiger partial charge in [-0.25, -0.2) is 0 Å². The molecule has 0 saturated carbocycles. The van der Waals surface area contributed by atoms with Gasteiger partial charge in [0.2, 0.25) is 5.78 Å². The van der Waals surface area contributed by atoms with E-state index in [-0.39, 0.29) is 29.6 Å². The molecule has 0 bridgehead atoms. The first-order valence-corrected chi connectivity index (χ1v) is 11.3. The van der Waals surface area contributed by atoms with Crippen molar-refractivity contribution in [3.63, 3.8) is 0 Å². The van der Waals surface area contributed by atoms with Gasteiger partial charge in [0.25, 0.3) is 0 Å². The van der Waals surface area contributed by atoms with Crippen LogP contribution in [0.2, 0.25) is 0 Å². The van der Waals surface area contributed by atoms with Gasteiger partial charge in [-0.1, -0.05) is 19.9 Å². The predicted octanol–water partition coefficient (Wildman–Crippen LogP) is 6.64. The second-order valence-electron chi connectivity index (χ2n) is 8.95. The molecule has 2 aromatic heterocycles. The molecule has 2 heterocycles. The number of halogens is 2. The van der Waals surface area contributed by atoms with Crippen molar-refractivity contribution >= 4 is 39.6 Å². The number of carbonyl (C=O) groups excluding carboxylic acids is 1. The van der Waals surface area contributed by atoms with E-state index < -0.39 is 0 Å². The van der Waals surface area contributed by atoms with Crippen LogP contribution in [0.15, 0.2) is 53.1 Å². The average Bonchev–Trinajstić information content (AvgIpc) is 3.07. The van der Waals surface area contributed by atoms with Crippen molar-refractivity contribution in [2.45, 2.75) is 52.5 Å². The standard InChI is InChI=1S/C25H31BrN2O2.ClH/c1-17(2)20-16-19-9-6-7-13-28(19)23(20)24(29)18-10-11-22(21(26)15-18)30-14-8-12-27-25(3,4)5;/h6-7,9-11,13,15-17,27H,8,12,14H2,1-5H3;1H. The van der Waals surface area contributed by atoms with Crippen LogP contribution in [0.3, 0.4) is 0 Å². The SMILES string of the molecule is CC(C)c1cc2ccccn2c1C(=O)c1ccc(OCCCNC(C)(C)C)c(Br)c1.Cl. The van der Waals surface area contributed by atoms with Crippen molar-refractivity contribution in [3.8, 4) is 5.75 Å². The third-order valence-corrected chi connectivity index (χ3v) is 5.59. The Bertz CT molecular complexity index is 1040. The zero-order chi connectivity index (χ0) is 21.9. The molecule has 0 aliphatic heterocycles. The molecule has 6 heteroatoms. The van der Waals surface area contributed by atoms with Gasteiger partial charge in [-0.2, -0.15) is 0 Å². The number of carbonyl (C=O) groups is 1. The van der Waals surface area contributed by atoms with Gasteiger partial charge in [-0.05, 0) is 97.5 Å². The number of fused-ring (bicyclic) bond motifs is 1. The largest absolute Gasteiger partial charge is 0.492 e. The van der Waals surface area contributed by atoms with Crippen molar-refractivity contribution in [2.24, 2.45) is 0 Å². The Morgan fingerprint density at radius 2 is 1.90 bits per heavy atom. The van der Waals surface area contributed by atoms with Crippen LogP contribution >= 0.6 is 28.3 Å². The maximum absolute atomic E-state index is 13.4. The van der Waals surface area contributed by atoms with E-state index in [1.165, 1.54) is 0 Å². The second-order valence-corrected chi connectivity index (χ2v) is 9.81. The maximum atomic E-state index is 13.4. The Hall–Kier alpha value is -1.82. The smallest absolute Gasteiger partial charge is 0.210 e. The number of benzene rings is 1. The molecule has 3 rings (SSSR count). The Morgan fingerprint density at radius 1 is 1.16 bits per heavy atom. The third-order valence-electron chi connectivity index (χ3n) is 4.97. The van der Waals surface area contributed by atoms with Crippen molar-refractivity contribution in [1.82, 2.24) is 9.72 Å². The number of nitrogens with zero attached hydrogens (tertiary/aromatic N) is 1.